The number of aromatic nitrogens is 2. The van der Waals surface area contributed by atoms with Crippen LogP contribution in [0.25, 0.3) is 21.8 Å². The van der Waals surface area contributed by atoms with Crippen LogP contribution >= 0.6 is 0 Å². The molecule has 4 heterocycles. The van der Waals surface area contributed by atoms with Crippen LogP contribution in [0.15, 0.2) is 40.2 Å². The number of carboxylic acid groups (broad SMARTS) is 2. The molecule has 4 aromatic rings. The van der Waals surface area contributed by atoms with E-state index in [0.717, 1.165) is 29.9 Å². The van der Waals surface area contributed by atoms with E-state index >= 15 is 4.39 Å². The van der Waals surface area contributed by atoms with Gasteiger partial charge in [-0.3, -0.25) is 9.59 Å². The first-order valence-corrected chi connectivity index (χ1v) is 16.1. The van der Waals surface area contributed by atoms with Gasteiger partial charge in [0.15, 0.2) is 5.82 Å². The van der Waals surface area contributed by atoms with Crippen molar-refractivity contribution < 1.29 is 37.4 Å². The SMILES string of the molecule is CCn1cc(C(=O)O)c(=O)c2cc(F)c(N3CCN(C)CC3)cc21.CN1CCN(c2c(F)cc3c(=O)c(C(=O)O)cn(CCF)c3c2F)CC1. The van der Waals surface area contributed by atoms with Gasteiger partial charge in [0, 0.05) is 76.7 Å². The minimum atomic E-state index is -1.53. The molecule has 2 aliphatic heterocycles. The van der Waals surface area contributed by atoms with Gasteiger partial charge in [0.05, 0.1) is 28.7 Å². The third kappa shape index (κ3) is 7.03. The number of carbonyl (C=O) groups is 2. The van der Waals surface area contributed by atoms with Crippen LogP contribution in [0.1, 0.15) is 27.6 Å². The van der Waals surface area contributed by atoms with Crippen molar-refractivity contribution in [2.75, 3.05) is 82.9 Å². The standard InChI is InChI=1S/C17H18F3N3O3.C17H20FN3O3/c1-21-4-6-22(7-5-21)15-12(19)8-10-14(13(15)20)23(3-2-18)9-11(16(10)24)17(25)26;1-3-20-10-12(17(23)24)16(22)11-8-13(18)15(9-14(11)20)21-6-4-19(2)5-7-21/h8-9H,2-7H2,1H3,(H,25,26);8-10H,3-7H2,1-2H3,(H,23,24). The van der Waals surface area contributed by atoms with E-state index in [2.05, 4.69) is 4.90 Å². The second-order valence-corrected chi connectivity index (χ2v) is 12.3. The molecule has 2 fully saturated rings. The Morgan fingerprint density at radius 3 is 1.74 bits per heavy atom. The number of aryl methyl sites for hydroxylation is 2. The van der Waals surface area contributed by atoms with Crippen LogP contribution in [-0.2, 0) is 13.1 Å². The van der Waals surface area contributed by atoms with Crippen molar-refractivity contribution in [3.8, 4) is 0 Å². The Labute approximate surface area is 283 Å². The Hall–Kier alpha value is -4.96. The Balaban J connectivity index is 0.000000195. The summed E-state index contributed by atoms with van der Waals surface area (Å²) in [5, 5.41) is 18.0. The molecular weight excluding hydrogens is 664 g/mol. The van der Waals surface area contributed by atoms with Crippen molar-refractivity contribution in [2.45, 2.75) is 20.0 Å². The highest BCUT2D eigenvalue weighted by atomic mass is 19.1. The Morgan fingerprint density at radius 2 is 1.22 bits per heavy atom. The minimum Gasteiger partial charge on any atom is -0.477 e. The van der Waals surface area contributed by atoms with Crippen LogP contribution in [0.4, 0.5) is 28.9 Å². The largest absolute Gasteiger partial charge is 0.477 e. The normalized spacial score (nSPS) is 15.7. The Bertz CT molecular complexity index is 2070. The number of benzene rings is 2. The van der Waals surface area contributed by atoms with E-state index in [-0.39, 0.29) is 28.7 Å². The molecule has 2 aliphatic rings. The van der Waals surface area contributed by atoms with Gasteiger partial charge in [0.25, 0.3) is 0 Å². The summed E-state index contributed by atoms with van der Waals surface area (Å²) in [7, 11) is 3.92. The zero-order valence-corrected chi connectivity index (χ0v) is 27.9. The van der Waals surface area contributed by atoms with Gasteiger partial charge in [-0.2, -0.15) is 0 Å². The topological polar surface area (TPSA) is 132 Å². The average molecular weight is 703 g/mol. The van der Waals surface area contributed by atoms with Gasteiger partial charge in [-0.1, -0.05) is 0 Å². The van der Waals surface area contributed by atoms with Gasteiger partial charge in [0.2, 0.25) is 10.9 Å². The number of nitrogens with zero attached hydrogens (tertiary/aromatic N) is 6. The van der Waals surface area contributed by atoms with Crippen molar-refractivity contribution in [1.82, 2.24) is 18.9 Å². The Kier molecular flexibility index (Phi) is 10.8. The van der Waals surface area contributed by atoms with Crippen molar-refractivity contribution in [3.05, 3.63) is 79.6 Å². The van der Waals surface area contributed by atoms with E-state index in [0.29, 0.717) is 57.0 Å². The number of halogens is 4. The molecule has 0 aliphatic carbocycles. The van der Waals surface area contributed by atoms with E-state index in [1.54, 1.807) is 15.5 Å². The minimum absolute atomic E-state index is 0.104. The molecule has 2 aromatic carbocycles. The molecule has 6 rings (SSSR count). The van der Waals surface area contributed by atoms with Crippen LogP contribution in [0, 0.1) is 17.5 Å². The van der Waals surface area contributed by atoms with E-state index in [4.69, 9.17) is 5.11 Å². The Morgan fingerprint density at radius 1 is 0.720 bits per heavy atom. The molecule has 268 valence electrons. The number of hydrogen-bond acceptors (Lipinski definition) is 8. The average Bonchev–Trinajstić information content (AvgIpc) is 3.07. The molecule has 50 heavy (non-hydrogen) atoms. The molecule has 0 atom stereocenters. The third-order valence-electron chi connectivity index (χ3n) is 9.17. The summed E-state index contributed by atoms with van der Waals surface area (Å²) in [4.78, 5) is 54.8. The van der Waals surface area contributed by atoms with Gasteiger partial charge in [0.1, 0.15) is 35.1 Å². The van der Waals surface area contributed by atoms with Crippen molar-refractivity contribution in [2.24, 2.45) is 0 Å². The zero-order valence-electron chi connectivity index (χ0n) is 27.9. The maximum Gasteiger partial charge on any atom is 0.341 e. The summed E-state index contributed by atoms with van der Waals surface area (Å²) in [6.07, 6.45) is 2.24. The van der Waals surface area contributed by atoms with Gasteiger partial charge in [-0.25, -0.2) is 27.2 Å². The van der Waals surface area contributed by atoms with E-state index < -0.39 is 57.9 Å². The van der Waals surface area contributed by atoms with E-state index in [1.807, 2.05) is 30.8 Å². The molecule has 0 saturated carbocycles. The fourth-order valence-corrected chi connectivity index (χ4v) is 6.32. The predicted molar refractivity (Wildman–Crippen MR) is 181 cm³/mol. The van der Waals surface area contributed by atoms with Crippen LogP contribution < -0.4 is 20.7 Å². The molecule has 2 N–H and O–H groups in total. The number of alkyl halides is 1. The summed E-state index contributed by atoms with van der Waals surface area (Å²) in [6, 6.07) is 3.67. The van der Waals surface area contributed by atoms with Gasteiger partial charge in [-0.05, 0) is 39.2 Å². The van der Waals surface area contributed by atoms with Gasteiger partial charge in [-0.15, -0.1) is 0 Å². The lowest BCUT2D eigenvalue weighted by atomic mass is 10.1. The number of likely N-dealkylation sites (N-methyl/N-ethyl adjacent to an activating group) is 2. The van der Waals surface area contributed by atoms with Crippen LogP contribution in [0.5, 0.6) is 0 Å². The number of pyridine rings is 2. The lowest BCUT2D eigenvalue weighted by molar-refractivity contribution is 0.0684. The van der Waals surface area contributed by atoms with Crippen LogP contribution in [0.2, 0.25) is 0 Å². The monoisotopic (exact) mass is 702 g/mol. The fourth-order valence-electron chi connectivity index (χ4n) is 6.32. The first-order valence-electron chi connectivity index (χ1n) is 16.1. The van der Waals surface area contributed by atoms with E-state index in [9.17, 15) is 37.5 Å². The summed E-state index contributed by atoms with van der Waals surface area (Å²) in [5.41, 5.74) is -2.18. The maximum atomic E-state index is 15.2. The van der Waals surface area contributed by atoms with Gasteiger partial charge >= 0.3 is 11.9 Å². The number of piperazine rings is 2. The predicted octanol–water partition coefficient (Wildman–Crippen LogP) is 3.31. The molecule has 0 amide bonds. The molecule has 12 nitrogen and oxygen atoms in total. The van der Waals surface area contributed by atoms with Crippen molar-refractivity contribution in [3.63, 3.8) is 0 Å². The van der Waals surface area contributed by atoms with Crippen LogP contribution in [0.3, 0.4) is 0 Å². The number of fused-ring (bicyclic) bond motifs is 2. The number of rotatable bonds is 7. The number of hydrogen-bond donors (Lipinski definition) is 2. The molecular formula is C34H38F4N6O6. The molecule has 2 saturated heterocycles. The number of carboxylic acids is 2. The summed E-state index contributed by atoms with van der Waals surface area (Å²) < 4.78 is 60.0. The van der Waals surface area contributed by atoms with Crippen molar-refractivity contribution in [1.29, 1.82) is 0 Å². The van der Waals surface area contributed by atoms with Gasteiger partial charge < -0.3 is 38.9 Å². The molecule has 16 heteroatoms. The molecule has 0 bridgehead atoms. The number of anilines is 2. The number of aromatic carboxylic acids is 2. The second-order valence-electron chi connectivity index (χ2n) is 12.3. The van der Waals surface area contributed by atoms with Crippen LogP contribution in [-0.4, -0.2) is 114 Å². The fraction of sp³-hybridized carbons (Fsp3) is 0.412. The summed E-state index contributed by atoms with van der Waals surface area (Å²) in [5.74, 6) is -5.24. The quantitative estimate of drug-likeness (QED) is 0.277. The second kappa shape index (κ2) is 14.9. The molecule has 2 aromatic heterocycles. The summed E-state index contributed by atoms with van der Waals surface area (Å²) in [6.45, 7) is 6.25. The highest BCUT2D eigenvalue weighted by Gasteiger charge is 2.27. The third-order valence-corrected chi connectivity index (χ3v) is 9.17. The smallest absolute Gasteiger partial charge is 0.341 e. The molecule has 0 spiro atoms. The van der Waals surface area contributed by atoms with Crippen molar-refractivity contribution >= 4 is 45.1 Å². The zero-order chi connectivity index (χ0) is 36.4. The first kappa shape index (κ1) is 36.3. The highest BCUT2D eigenvalue weighted by molar-refractivity contribution is 5.94. The molecule has 0 radical (unpaired) electrons. The first-order chi connectivity index (χ1) is 23.8. The lowest BCUT2D eigenvalue weighted by Gasteiger charge is -2.34. The maximum absolute atomic E-state index is 15.2. The van der Waals surface area contributed by atoms with E-state index in [1.165, 1.54) is 12.3 Å². The summed E-state index contributed by atoms with van der Waals surface area (Å²) >= 11 is 0. The lowest BCUT2D eigenvalue weighted by Crippen LogP contribution is -2.45. The molecule has 0 unspecified atom stereocenters. The highest BCUT2D eigenvalue weighted by Crippen LogP contribution is 2.31.